The third kappa shape index (κ3) is 4.44. The molecule has 13 rings (SSSR count). The van der Waals surface area contributed by atoms with Crippen LogP contribution in [0.2, 0.25) is 0 Å². The fourth-order valence-electron chi connectivity index (χ4n) is 10.5. The van der Waals surface area contributed by atoms with Crippen molar-refractivity contribution in [1.29, 1.82) is 0 Å². The van der Waals surface area contributed by atoms with Gasteiger partial charge in [0.1, 0.15) is 22.7 Å². The minimum Gasteiger partial charge on any atom is -0.457 e. The first kappa shape index (κ1) is 33.1. The van der Waals surface area contributed by atoms with E-state index in [9.17, 15) is 0 Å². The zero-order chi connectivity index (χ0) is 39.4. The predicted octanol–water partition coefficient (Wildman–Crippen LogP) is 15.5. The molecule has 2 aliphatic rings. The van der Waals surface area contributed by atoms with Crippen LogP contribution in [0.15, 0.2) is 217 Å². The molecule has 60 heavy (non-hydrogen) atoms. The second-order valence-electron chi connectivity index (χ2n) is 15.9. The van der Waals surface area contributed by atoms with Crippen LogP contribution in [0.5, 0.6) is 11.5 Å². The molecule has 2 heterocycles. The van der Waals surface area contributed by atoms with Gasteiger partial charge in [-0.1, -0.05) is 170 Å². The van der Waals surface area contributed by atoms with Gasteiger partial charge in [-0.25, -0.2) is 0 Å². The van der Waals surface area contributed by atoms with Gasteiger partial charge in [-0.15, -0.1) is 0 Å². The molecule has 0 radical (unpaired) electrons. The van der Waals surface area contributed by atoms with Gasteiger partial charge >= 0.3 is 0 Å². The first-order valence-electron chi connectivity index (χ1n) is 20.6. The summed E-state index contributed by atoms with van der Waals surface area (Å²) in [6, 6.07) is 76.7. The summed E-state index contributed by atoms with van der Waals surface area (Å²) in [4.78, 5) is 2.51. The smallest absolute Gasteiger partial charge is 0.145 e. The van der Waals surface area contributed by atoms with E-state index < -0.39 is 5.41 Å². The number of hydrogen-bond acceptors (Lipinski definition) is 3. The standard InChI is InChI=1S/C57H35NO2/c1-2-16-36(17-3-1)38-34-35-48(40-20-5-4-19-39(38)40)58(49-27-14-18-37-32-33-42-41-21-7-11-29-51(41)60-56(42)54(37)49)50-28-15-26-47-55(50)43-22-6-8-23-44(43)57(47)45-24-9-12-30-52(45)59-53-31-13-10-25-46(53)57/h1-35H. The first-order chi connectivity index (χ1) is 29.8. The van der Waals surface area contributed by atoms with Crippen LogP contribution in [0.3, 0.4) is 0 Å². The Bertz CT molecular complexity index is 3500. The van der Waals surface area contributed by atoms with Crippen molar-refractivity contribution in [3.63, 3.8) is 0 Å². The molecule has 0 bridgehead atoms. The van der Waals surface area contributed by atoms with Gasteiger partial charge < -0.3 is 14.1 Å². The lowest BCUT2D eigenvalue weighted by Gasteiger charge is -2.39. The van der Waals surface area contributed by atoms with Crippen LogP contribution in [0.25, 0.3) is 65.7 Å². The predicted molar refractivity (Wildman–Crippen MR) is 246 cm³/mol. The maximum atomic E-state index is 6.87. The lowest BCUT2D eigenvalue weighted by Crippen LogP contribution is -2.32. The van der Waals surface area contributed by atoms with Crippen molar-refractivity contribution in [2.24, 2.45) is 0 Å². The van der Waals surface area contributed by atoms with Crippen molar-refractivity contribution in [2.75, 3.05) is 4.90 Å². The lowest BCUT2D eigenvalue weighted by molar-refractivity contribution is 0.436. The number of nitrogens with zero attached hydrogens (tertiary/aromatic N) is 1. The molecule has 0 N–H and O–H groups in total. The summed E-state index contributed by atoms with van der Waals surface area (Å²) >= 11 is 0. The molecule has 10 aromatic carbocycles. The molecule has 0 saturated heterocycles. The lowest BCUT2D eigenvalue weighted by atomic mass is 9.66. The average Bonchev–Trinajstić information content (AvgIpc) is 3.84. The minimum atomic E-state index is -0.608. The Kier molecular flexibility index (Phi) is 6.93. The summed E-state index contributed by atoms with van der Waals surface area (Å²) < 4.78 is 13.6. The van der Waals surface area contributed by atoms with E-state index in [0.29, 0.717) is 0 Å². The van der Waals surface area contributed by atoms with E-state index in [0.717, 1.165) is 77.8 Å². The van der Waals surface area contributed by atoms with E-state index >= 15 is 0 Å². The highest BCUT2D eigenvalue weighted by Crippen LogP contribution is 2.64. The fourth-order valence-corrected chi connectivity index (χ4v) is 10.5. The van der Waals surface area contributed by atoms with E-state index in [1.165, 1.54) is 38.8 Å². The Morgan fingerprint density at radius 2 is 1.00 bits per heavy atom. The number of para-hydroxylation sites is 3. The molecule has 1 aromatic heterocycles. The minimum absolute atomic E-state index is 0.608. The number of anilines is 3. The molecule has 0 saturated carbocycles. The fraction of sp³-hybridized carbons (Fsp3) is 0.0175. The molecule has 0 fully saturated rings. The number of furan rings is 1. The second-order valence-corrected chi connectivity index (χ2v) is 15.9. The number of fused-ring (bicyclic) bond motifs is 15. The van der Waals surface area contributed by atoms with Crippen LogP contribution in [0.1, 0.15) is 22.3 Å². The normalized spacial score (nSPS) is 13.3. The molecular formula is C57H35NO2. The molecule has 1 spiro atoms. The molecule has 0 atom stereocenters. The van der Waals surface area contributed by atoms with Crippen molar-refractivity contribution in [3.8, 4) is 33.8 Å². The van der Waals surface area contributed by atoms with Gasteiger partial charge in [0.25, 0.3) is 0 Å². The van der Waals surface area contributed by atoms with Crippen molar-refractivity contribution in [2.45, 2.75) is 5.41 Å². The summed E-state index contributed by atoms with van der Waals surface area (Å²) in [5, 5.41) is 6.76. The van der Waals surface area contributed by atoms with Crippen molar-refractivity contribution in [1.82, 2.24) is 0 Å². The monoisotopic (exact) mass is 765 g/mol. The Morgan fingerprint density at radius 1 is 0.367 bits per heavy atom. The summed E-state index contributed by atoms with van der Waals surface area (Å²) in [7, 11) is 0. The quantitative estimate of drug-likeness (QED) is 0.178. The van der Waals surface area contributed by atoms with E-state index in [1.807, 2.05) is 6.07 Å². The van der Waals surface area contributed by atoms with Crippen LogP contribution >= 0.6 is 0 Å². The topological polar surface area (TPSA) is 25.6 Å². The van der Waals surface area contributed by atoms with Crippen molar-refractivity contribution >= 4 is 60.5 Å². The Hall–Kier alpha value is -7.88. The van der Waals surface area contributed by atoms with Gasteiger partial charge in [0.2, 0.25) is 0 Å². The van der Waals surface area contributed by atoms with Gasteiger partial charge in [0, 0.05) is 38.2 Å². The number of hydrogen-bond donors (Lipinski definition) is 0. The maximum Gasteiger partial charge on any atom is 0.145 e. The molecule has 0 unspecified atom stereocenters. The van der Waals surface area contributed by atoms with Gasteiger partial charge in [-0.2, -0.15) is 0 Å². The molecule has 3 heteroatoms. The highest BCUT2D eigenvalue weighted by molar-refractivity contribution is 6.21. The van der Waals surface area contributed by atoms with Gasteiger partial charge in [-0.3, -0.25) is 0 Å². The average molecular weight is 766 g/mol. The molecule has 11 aromatic rings. The zero-order valence-corrected chi connectivity index (χ0v) is 32.5. The molecule has 280 valence electrons. The Labute approximate surface area is 347 Å². The van der Waals surface area contributed by atoms with Crippen LogP contribution < -0.4 is 9.64 Å². The number of rotatable bonds is 4. The largest absolute Gasteiger partial charge is 0.457 e. The maximum absolute atomic E-state index is 6.87. The van der Waals surface area contributed by atoms with E-state index in [2.05, 4.69) is 211 Å². The van der Waals surface area contributed by atoms with Crippen LogP contribution in [0.4, 0.5) is 17.1 Å². The Balaban J connectivity index is 1.18. The van der Waals surface area contributed by atoms with Gasteiger partial charge in [-0.05, 0) is 81.1 Å². The summed E-state index contributed by atoms with van der Waals surface area (Å²) in [6.07, 6.45) is 0. The SMILES string of the molecule is c1ccc(-c2ccc(N(c3cccc4c3-c3ccccc3C43c4ccccc4Oc4ccccc43)c3cccc4ccc5c6ccccc6oc5c34)c3ccccc23)cc1. The number of benzene rings is 10. The second kappa shape index (κ2) is 12.6. The first-order valence-corrected chi connectivity index (χ1v) is 20.6. The van der Waals surface area contributed by atoms with Gasteiger partial charge in [0.05, 0.1) is 22.5 Å². The highest BCUT2D eigenvalue weighted by Gasteiger charge is 2.52. The van der Waals surface area contributed by atoms with E-state index in [1.54, 1.807) is 0 Å². The van der Waals surface area contributed by atoms with Gasteiger partial charge in [0.15, 0.2) is 0 Å². The molecule has 0 amide bonds. The van der Waals surface area contributed by atoms with Crippen molar-refractivity contribution in [3.05, 3.63) is 235 Å². The van der Waals surface area contributed by atoms with E-state index in [4.69, 9.17) is 9.15 Å². The third-order valence-corrected chi connectivity index (χ3v) is 12.9. The van der Waals surface area contributed by atoms with Crippen LogP contribution in [-0.2, 0) is 5.41 Å². The zero-order valence-electron chi connectivity index (χ0n) is 32.5. The summed E-state index contributed by atoms with van der Waals surface area (Å²) in [6.45, 7) is 0. The molecular weight excluding hydrogens is 731 g/mol. The van der Waals surface area contributed by atoms with E-state index in [-0.39, 0.29) is 0 Å². The molecule has 1 aliphatic heterocycles. The Morgan fingerprint density at radius 3 is 1.82 bits per heavy atom. The van der Waals surface area contributed by atoms with Crippen LogP contribution in [0, 0.1) is 0 Å². The molecule has 1 aliphatic carbocycles. The van der Waals surface area contributed by atoms with Crippen LogP contribution in [-0.4, -0.2) is 0 Å². The molecule has 3 nitrogen and oxygen atoms in total. The summed E-state index contributed by atoms with van der Waals surface area (Å²) in [5.74, 6) is 1.76. The summed E-state index contributed by atoms with van der Waals surface area (Å²) in [5.41, 5.74) is 14.0. The third-order valence-electron chi connectivity index (χ3n) is 12.9. The highest BCUT2D eigenvalue weighted by atomic mass is 16.5. The van der Waals surface area contributed by atoms with Crippen molar-refractivity contribution < 1.29 is 9.15 Å². The number of ether oxygens (including phenoxy) is 1.